The van der Waals surface area contributed by atoms with Gasteiger partial charge in [-0.3, -0.25) is 4.79 Å². The summed E-state index contributed by atoms with van der Waals surface area (Å²) >= 11 is 0. The number of carbonyl (C=O) groups is 1. The number of carbonyl (C=O) groups excluding carboxylic acids is 1. The molecule has 0 saturated heterocycles. The zero-order valence-corrected chi connectivity index (χ0v) is 9.88. The Bertz CT molecular complexity index is 301. The Kier molecular flexibility index (Phi) is 4.57. The standard InChI is InChI=1S/C10H18O4S/c1-14-10(11)7-8-15(12,13)9-5-3-2-4-6-9/h9H,2-8H2,1H3. The van der Waals surface area contributed by atoms with Crippen molar-refractivity contribution in [2.45, 2.75) is 43.8 Å². The molecular formula is C10H18O4S. The second-order valence-corrected chi connectivity index (χ2v) is 6.35. The molecule has 0 aromatic rings. The summed E-state index contributed by atoms with van der Waals surface area (Å²) in [5.41, 5.74) is 0. The summed E-state index contributed by atoms with van der Waals surface area (Å²) in [4.78, 5) is 10.9. The average Bonchev–Trinajstić information content (AvgIpc) is 2.27. The number of esters is 1. The molecule has 1 aliphatic rings. The molecule has 0 atom stereocenters. The second-order valence-electron chi connectivity index (χ2n) is 3.95. The minimum Gasteiger partial charge on any atom is -0.469 e. The topological polar surface area (TPSA) is 60.4 Å². The molecule has 1 aliphatic carbocycles. The Balaban J connectivity index is 2.46. The summed E-state index contributed by atoms with van der Waals surface area (Å²) in [7, 11) is -1.82. The number of hydrogen-bond donors (Lipinski definition) is 0. The van der Waals surface area contributed by atoms with Crippen molar-refractivity contribution in [3.8, 4) is 0 Å². The lowest BCUT2D eigenvalue weighted by molar-refractivity contribution is -0.140. The van der Waals surface area contributed by atoms with E-state index in [2.05, 4.69) is 4.74 Å². The van der Waals surface area contributed by atoms with Crippen LogP contribution in [0.1, 0.15) is 38.5 Å². The van der Waals surface area contributed by atoms with Crippen molar-refractivity contribution in [3.63, 3.8) is 0 Å². The van der Waals surface area contributed by atoms with Gasteiger partial charge >= 0.3 is 5.97 Å². The van der Waals surface area contributed by atoms with Crippen LogP contribution in [0.5, 0.6) is 0 Å². The molecule has 15 heavy (non-hydrogen) atoms. The predicted molar refractivity (Wildman–Crippen MR) is 57.3 cm³/mol. The Morgan fingerprint density at radius 1 is 1.27 bits per heavy atom. The maximum absolute atomic E-state index is 11.8. The van der Waals surface area contributed by atoms with Crippen molar-refractivity contribution >= 4 is 15.8 Å². The fourth-order valence-corrected chi connectivity index (χ4v) is 3.75. The van der Waals surface area contributed by atoms with Crippen molar-refractivity contribution in [1.82, 2.24) is 0 Å². The van der Waals surface area contributed by atoms with Crippen LogP contribution in [0.2, 0.25) is 0 Å². The van der Waals surface area contributed by atoms with Gasteiger partial charge in [0.05, 0.1) is 24.5 Å². The van der Waals surface area contributed by atoms with E-state index in [-0.39, 0.29) is 17.4 Å². The van der Waals surface area contributed by atoms with Crippen molar-refractivity contribution < 1.29 is 17.9 Å². The highest BCUT2D eigenvalue weighted by Crippen LogP contribution is 2.24. The fraction of sp³-hybridized carbons (Fsp3) is 0.900. The van der Waals surface area contributed by atoms with Gasteiger partial charge < -0.3 is 4.74 Å². The third-order valence-electron chi connectivity index (χ3n) is 2.88. The Labute approximate surface area is 90.9 Å². The quantitative estimate of drug-likeness (QED) is 0.688. The SMILES string of the molecule is COC(=O)CCS(=O)(=O)C1CCCCC1. The third-order valence-corrected chi connectivity index (χ3v) is 5.14. The summed E-state index contributed by atoms with van der Waals surface area (Å²) < 4.78 is 28.0. The number of sulfone groups is 1. The minimum atomic E-state index is -3.09. The van der Waals surface area contributed by atoms with Gasteiger partial charge in [0, 0.05) is 0 Å². The molecule has 88 valence electrons. The summed E-state index contributed by atoms with van der Waals surface area (Å²) in [6.45, 7) is 0. The molecule has 0 heterocycles. The molecule has 4 nitrogen and oxygen atoms in total. The van der Waals surface area contributed by atoms with Crippen LogP contribution in [0.25, 0.3) is 0 Å². The molecule has 0 spiro atoms. The number of rotatable bonds is 4. The van der Waals surface area contributed by atoms with Crippen LogP contribution < -0.4 is 0 Å². The van der Waals surface area contributed by atoms with Gasteiger partial charge in [-0.05, 0) is 12.8 Å². The largest absolute Gasteiger partial charge is 0.469 e. The van der Waals surface area contributed by atoms with Crippen LogP contribution >= 0.6 is 0 Å². The summed E-state index contributed by atoms with van der Waals surface area (Å²) in [5.74, 6) is -0.515. The summed E-state index contributed by atoms with van der Waals surface area (Å²) in [6.07, 6.45) is 4.59. The van der Waals surface area contributed by atoms with Gasteiger partial charge in [-0.25, -0.2) is 8.42 Å². The molecular weight excluding hydrogens is 216 g/mol. The van der Waals surface area contributed by atoms with Crippen LogP contribution in [0.15, 0.2) is 0 Å². The second kappa shape index (κ2) is 5.49. The first-order chi connectivity index (χ1) is 7.06. The molecule has 1 saturated carbocycles. The lowest BCUT2D eigenvalue weighted by atomic mass is 10.0. The van der Waals surface area contributed by atoms with Crippen LogP contribution in [-0.4, -0.2) is 32.5 Å². The van der Waals surface area contributed by atoms with Gasteiger partial charge in [-0.1, -0.05) is 19.3 Å². The van der Waals surface area contributed by atoms with E-state index in [0.717, 1.165) is 32.1 Å². The van der Waals surface area contributed by atoms with Crippen molar-refractivity contribution in [3.05, 3.63) is 0 Å². The van der Waals surface area contributed by atoms with Gasteiger partial charge in [-0.15, -0.1) is 0 Å². The molecule has 5 heteroatoms. The Hall–Kier alpha value is -0.580. The minimum absolute atomic E-state index is 0.0185. The van der Waals surface area contributed by atoms with Gasteiger partial charge in [0.25, 0.3) is 0 Å². The third kappa shape index (κ3) is 3.81. The van der Waals surface area contributed by atoms with Crippen LogP contribution in [-0.2, 0) is 19.4 Å². The van der Waals surface area contributed by atoms with Gasteiger partial charge in [-0.2, -0.15) is 0 Å². The zero-order valence-electron chi connectivity index (χ0n) is 9.07. The Morgan fingerprint density at radius 3 is 2.40 bits per heavy atom. The lowest BCUT2D eigenvalue weighted by Crippen LogP contribution is -2.27. The molecule has 0 radical (unpaired) electrons. The number of ether oxygens (including phenoxy) is 1. The highest BCUT2D eigenvalue weighted by atomic mass is 32.2. The van der Waals surface area contributed by atoms with E-state index in [1.165, 1.54) is 7.11 Å². The Morgan fingerprint density at radius 2 is 1.87 bits per heavy atom. The van der Waals surface area contributed by atoms with Crippen molar-refractivity contribution in [2.75, 3.05) is 12.9 Å². The monoisotopic (exact) mass is 234 g/mol. The molecule has 0 amide bonds. The van der Waals surface area contributed by atoms with Crippen molar-refractivity contribution in [1.29, 1.82) is 0 Å². The highest BCUT2D eigenvalue weighted by molar-refractivity contribution is 7.92. The first-order valence-electron chi connectivity index (χ1n) is 5.34. The summed E-state index contributed by atoms with van der Waals surface area (Å²) in [5, 5.41) is -0.226. The smallest absolute Gasteiger partial charge is 0.306 e. The first kappa shape index (κ1) is 12.5. The predicted octanol–water partition coefficient (Wildman–Crippen LogP) is 1.30. The molecule has 0 aliphatic heterocycles. The van der Waals surface area contributed by atoms with E-state index in [9.17, 15) is 13.2 Å². The van der Waals surface area contributed by atoms with Crippen LogP contribution in [0, 0.1) is 0 Å². The van der Waals surface area contributed by atoms with E-state index in [4.69, 9.17) is 0 Å². The average molecular weight is 234 g/mol. The van der Waals surface area contributed by atoms with E-state index >= 15 is 0 Å². The molecule has 1 fully saturated rings. The van der Waals surface area contributed by atoms with E-state index in [1.807, 2.05) is 0 Å². The highest BCUT2D eigenvalue weighted by Gasteiger charge is 2.27. The molecule has 0 aromatic heterocycles. The normalized spacial score (nSPS) is 18.7. The fourth-order valence-electron chi connectivity index (χ4n) is 1.92. The lowest BCUT2D eigenvalue weighted by Gasteiger charge is -2.21. The number of methoxy groups -OCH3 is 1. The number of hydrogen-bond acceptors (Lipinski definition) is 4. The molecule has 0 aromatic carbocycles. The van der Waals surface area contributed by atoms with Gasteiger partial charge in [0.2, 0.25) is 0 Å². The van der Waals surface area contributed by atoms with E-state index in [0.29, 0.717) is 0 Å². The molecule has 1 rings (SSSR count). The maximum Gasteiger partial charge on any atom is 0.306 e. The zero-order chi connectivity index (χ0) is 11.3. The first-order valence-corrected chi connectivity index (χ1v) is 7.06. The molecule has 0 bridgehead atoms. The van der Waals surface area contributed by atoms with Gasteiger partial charge in [0.1, 0.15) is 0 Å². The van der Waals surface area contributed by atoms with Gasteiger partial charge in [0.15, 0.2) is 9.84 Å². The van der Waals surface area contributed by atoms with Crippen LogP contribution in [0.3, 0.4) is 0 Å². The molecule has 0 N–H and O–H groups in total. The van der Waals surface area contributed by atoms with E-state index < -0.39 is 15.8 Å². The summed E-state index contributed by atoms with van der Waals surface area (Å²) in [6, 6.07) is 0. The van der Waals surface area contributed by atoms with E-state index in [1.54, 1.807) is 0 Å². The maximum atomic E-state index is 11.8. The van der Waals surface area contributed by atoms with Crippen molar-refractivity contribution in [2.24, 2.45) is 0 Å². The van der Waals surface area contributed by atoms with Crippen LogP contribution in [0.4, 0.5) is 0 Å². The molecule has 0 unspecified atom stereocenters.